The zero-order valence-electron chi connectivity index (χ0n) is 29.1. The molecule has 2 unspecified atom stereocenters. The standard InChI is InChI=1S/C35H64NO8P/c1-6-8-10-12-14-16-17-18-19-20-22-24-26-28-35(38)44-33(32-43-45(39,40)42-30-29-36(3,4)5)31-41-34(37)27-25-23-21-15-13-11-9-7-2/h8,10,12,14,16-17,33H,6-7,9,11,13,15,18-32H2,1-5H3/p+1/b10-8+,14-12+,17-16+. The van der Waals surface area contributed by atoms with E-state index in [9.17, 15) is 19.0 Å². The molecule has 0 heterocycles. The molecule has 1 N–H and O–H groups in total. The molecule has 0 aliphatic rings. The molecule has 0 aliphatic carbocycles. The van der Waals surface area contributed by atoms with Crippen molar-refractivity contribution >= 4 is 19.8 Å². The molecule has 0 aliphatic heterocycles. The lowest BCUT2D eigenvalue weighted by Gasteiger charge is -2.24. The molecule has 0 rings (SSSR count). The predicted octanol–water partition coefficient (Wildman–Crippen LogP) is 8.62. The highest BCUT2D eigenvalue weighted by Crippen LogP contribution is 2.43. The third-order valence-corrected chi connectivity index (χ3v) is 7.98. The lowest BCUT2D eigenvalue weighted by atomic mass is 10.1. The number of ether oxygens (including phenoxy) is 2. The van der Waals surface area contributed by atoms with Crippen molar-refractivity contribution in [2.45, 2.75) is 129 Å². The van der Waals surface area contributed by atoms with E-state index in [1.807, 2.05) is 39.4 Å². The smallest absolute Gasteiger partial charge is 0.462 e. The molecule has 0 aromatic rings. The summed E-state index contributed by atoms with van der Waals surface area (Å²) in [4.78, 5) is 34.9. The summed E-state index contributed by atoms with van der Waals surface area (Å²) in [6.07, 6.45) is 27.8. The largest absolute Gasteiger partial charge is 0.472 e. The van der Waals surface area contributed by atoms with Crippen LogP contribution in [-0.2, 0) is 32.7 Å². The van der Waals surface area contributed by atoms with Crippen LogP contribution in [0.15, 0.2) is 36.5 Å². The first kappa shape index (κ1) is 43.2. The Morgan fingerprint density at radius 2 is 1.27 bits per heavy atom. The lowest BCUT2D eigenvalue weighted by Crippen LogP contribution is -2.37. The van der Waals surface area contributed by atoms with Gasteiger partial charge in [-0.1, -0.05) is 115 Å². The first-order valence-electron chi connectivity index (χ1n) is 17.2. The minimum atomic E-state index is -4.36. The Hall–Kier alpha value is -1.77. The topological polar surface area (TPSA) is 108 Å². The van der Waals surface area contributed by atoms with Crippen molar-refractivity contribution in [1.29, 1.82) is 0 Å². The van der Waals surface area contributed by atoms with E-state index in [1.54, 1.807) is 0 Å². The molecule has 0 radical (unpaired) electrons. The van der Waals surface area contributed by atoms with Crippen molar-refractivity contribution < 1.29 is 42.1 Å². The number of likely N-dealkylation sites (N-methyl/N-ethyl adjacent to an activating group) is 1. The minimum absolute atomic E-state index is 0.0271. The number of rotatable bonds is 30. The Bertz CT molecular complexity index is 881. The number of allylic oxidation sites excluding steroid dienone is 6. The fourth-order valence-corrected chi connectivity index (χ4v) is 4.99. The van der Waals surface area contributed by atoms with Crippen LogP contribution in [0.1, 0.15) is 123 Å². The zero-order chi connectivity index (χ0) is 33.7. The molecule has 0 saturated carbocycles. The van der Waals surface area contributed by atoms with Gasteiger partial charge in [-0.15, -0.1) is 0 Å². The van der Waals surface area contributed by atoms with Gasteiger partial charge in [0.1, 0.15) is 19.8 Å². The van der Waals surface area contributed by atoms with Crippen molar-refractivity contribution in [1.82, 2.24) is 0 Å². The SMILES string of the molecule is CC/C=C/C=C/C=C/CCCCCCCC(=O)OC(COC(=O)CCCCCCCCCC)COP(=O)(O)OCC[N+](C)(C)C. The molecular formula is C35H65NO8P+. The number of carbonyl (C=O) groups is 2. The van der Waals surface area contributed by atoms with Gasteiger partial charge in [-0.3, -0.25) is 18.6 Å². The van der Waals surface area contributed by atoms with Crippen molar-refractivity contribution in [2.24, 2.45) is 0 Å². The fourth-order valence-electron chi connectivity index (χ4n) is 4.25. The van der Waals surface area contributed by atoms with Crippen LogP contribution < -0.4 is 0 Å². The summed E-state index contributed by atoms with van der Waals surface area (Å²) >= 11 is 0. The Morgan fingerprint density at radius 3 is 1.87 bits per heavy atom. The van der Waals surface area contributed by atoms with Crippen LogP contribution in [0, 0.1) is 0 Å². The van der Waals surface area contributed by atoms with Crippen LogP contribution in [0.3, 0.4) is 0 Å². The predicted molar refractivity (Wildman–Crippen MR) is 183 cm³/mol. The molecular weight excluding hydrogens is 593 g/mol. The Kier molecular flexibility index (Phi) is 27.3. The number of hydrogen-bond acceptors (Lipinski definition) is 7. The van der Waals surface area contributed by atoms with E-state index >= 15 is 0 Å². The van der Waals surface area contributed by atoms with Crippen LogP contribution in [0.4, 0.5) is 0 Å². The summed E-state index contributed by atoms with van der Waals surface area (Å²) in [6.45, 7) is 4.19. The molecule has 9 nitrogen and oxygen atoms in total. The second-order valence-electron chi connectivity index (χ2n) is 12.6. The van der Waals surface area contributed by atoms with Crippen LogP contribution >= 0.6 is 7.82 Å². The van der Waals surface area contributed by atoms with E-state index in [4.69, 9.17) is 18.5 Å². The second kappa shape index (κ2) is 28.5. The molecule has 0 aromatic carbocycles. The van der Waals surface area contributed by atoms with Gasteiger partial charge < -0.3 is 18.9 Å². The number of unbranched alkanes of at least 4 members (excludes halogenated alkanes) is 12. The Morgan fingerprint density at radius 1 is 0.711 bits per heavy atom. The molecule has 0 bridgehead atoms. The van der Waals surface area contributed by atoms with Gasteiger partial charge >= 0.3 is 19.8 Å². The number of phosphoric acid groups is 1. The molecule has 0 saturated heterocycles. The highest BCUT2D eigenvalue weighted by Gasteiger charge is 2.27. The van der Waals surface area contributed by atoms with Gasteiger partial charge in [0, 0.05) is 12.8 Å². The molecule has 45 heavy (non-hydrogen) atoms. The first-order valence-corrected chi connectivity index (χ1v) is 18.7. The third-order valence-electron chi connectivity index (χ3n) is 7.00. The Balaban J connectivity index is 4.53. The monoisotopic (exact) mass is 658 g/mol. The van der Waals surface area contributed by atoms with Crippen LogP contribution in [-0.4, -0.2) is 74.9 Å². The Labute approximate surface area is 274 Å². The van der Waals surface area contributed by atoms with Gasteiger partial charge in [0.05, 0.1) is 27.7 Å². The maximum Gasteiger partial charge on any atom is 0.472 e. The molecule has 10 heteroatoms. The maximum absolute atomic E-state index is 12.5. The highest BCUT2D eigenvalue weighted by atomic mass is 31.2. The number of quaternary nitrogens is 1. The normalized spacial score (nSPS) is 14.4. The van der Waals surface area contributed by atoms with E-state index in [-0.39, 0.29) is 32.0 Å². The maximum atomic E-state index is 12.5. The van der Waals surface area contributed by atoms with E-state index in [0.29, 0.717) is 17.4 Å². The summed E-state index contributed by atoms with van der Waals surface area (Å²) in [6, 6.07) is 0. The second-order valence-corrected chi connectivity index (χ2v) is 14.0. The van der Waals surface area contributed by atoms with Crippen LogP contribution in [0.2, 0.25) is 0 Å². The van der Waals surface area contributed by atoms with E-state index in [2.05, 4.69) is 32.1 Å². The molecule has 0 aromatic heterocycles. The van der Waals surface area contributed by atoms with Crippen LogP contribution in [0.5, 0.6) is 0 Å². The quantitative estimate of drug-likeness (QED) is 0.0269. The summed E-state index contributed by atoms with van der Waals surface area (Å²) in [5.41, 5.74) is 0. The van der Waals surface area contributed by atoms with Gasteiger partial charge in [0.15, 0.2) is 6.10 Å². The van der Waals surface area contributed by atoms with Gasteiger partial charge in [0.2, 0.25) is 0 Å². The average Bonchev–Trinajstić information content (AvgIpc) is 2.97. The van der Waals surface area contributed by atoms with Crippen molar-refractivity contribution in [3.63, 3.8) is 0 Å². The summed E-state index contributed by atoms with van der Waals surface area (Å²) in [5, 5.41) is 0. The number of esters is 2. The van der Waals surface area contributed by atoms with Crippen LogP contribution in [0.25, 0.3) is 0 Å². The highest BCUT2D eigenvalue weighted by molar-refractivity contribution is 7.47. The first-order chi connectivity index (χ1) is 21.5. The summed E-state index contributed by atoms with van der Waals surface area (Å²) < 4.78 is 34.0. The van der Waals surface area contributed by atoms with Gasteiger partial charge in [-0.25, -0.2) is 4.57 Å². The molecule has 2 atom stereocenters. The molecule has 0 amide bonds. The summed E-state index contributed by atoms with van der Waals surface area (Å²) in [7, 11) is 1.45. The fraction of sp³-hybridized carbons (Fsp3) is 0.771. The average molecular weight is 659 g/mol. The van der Waals surface area contributed by atoms with Gasteiger partial charge in [0.25, 0.3) is 0 Å². The number of nitrogens with zero attached hydrogens (tertiary/aromatic N) is 1. The number of phosphoric ester groups is 1. The molecule has 262 valence electrons. The van der Waals surface area contributed by atoms with Crippen molar-refractivity contribution in [3.05, 3.63) is 36.5 Å². The van der Waals surface area contributed by atoms with Crippen molar-refractivity contribution in [3.8, 4) is 0 Å². The van der Waals surface area contributed by atoms with Gasteiger partial charge in [-0.2, -0.15) is 0 Å². The van der Waals surface area contributed by atoms with E-state index < -0.39 is 26.5 Å². The zero-order valence-corrected chi connectivity index (χ0v) is 30.0. The van der Waals surface area contributed by atoms with Crippen molar-refractivity contribution in [2.75, 3.05) is 47.5 Å². The lowest BCUT2D eigenvalue weighted by molar-refractivity contribution is -0.870. The number of hydrogen-bond donors (Lipinski definition) is 1. The number of carbonyl (C=O) groups excluding carboxylic acids is 2. The van der Waals surface area contributed by atoms with E-state index in [1.165, 1.54) is 32.1 Å². The molecule has 0 fully saturated rings. The minimum Gasteiger partial charge on any atom is -0.462 e. The molecule has 0 spiro atoms. The third kappa shape index (κ3) is 32.0. The van der Waals surface area contributed by atoms with E-state index in [0.717, 1.165) is 57.8 Å². The van der Waals surface area contributed by atoms with Gasteiger partial charge in [-0.05, 0) is 32.1 Å². The summed E-state index contributed by atoms with van der Waals surface area (Å²) in [5.74, 6) is -0.833.